The van der Waals surface area contributed by atoms with Crippen LogP contribution in [0.2, 0.25) is 0 Å². The van der Waals surface area contributed by atoms with Gasteiger partial charge in [0.05, 0.1) is 28.6 Å². The van der Waals surface area contributed by atoms with E-state index in [1.54, 1.807) is 18.7 Å². The van der Waals surface area contributed by atoms with Crippen LogP contribution < -0.4 is 0 Å². The molecule has 0 saturated carbocycles. The topological polar surface area (TPSA) is 108 Å². The van der Waals surface area contributed by atoms with Crippen LogP contribution in [0.15, 0.2) is 33.7 Å². The van der Waals surface area contributed by atoms with Gasteiger partial charge in [-0.05, 0) is 38.1 Å². The fourth-order valence-electron chi connectivity index (χ4n) is 3.05. The third-order valence-corrected chi connectivity index (χ3v) is 6.63. The van der Waals surface area contributed by atoms with E-state index in [1.807, 2.05) is 6.07 Å². The second kappa shape index (κ2) is 7.50. The minimum absolute atomic E-state index is 0.0696. The molecule has 1 amide bonds. The van der Waals surface area contributed by atoms with E-state index < -0.39 is 10.0 Å². The van der Waals surface area contributed by atoms with E-state index >= 15 is 0 Å². The summed E-state index contributed by atoms with van der Waals surface area (Å²) in [7, 11) is -3.64. The lowest BCUT2D eigenvalue weighted by Gasteiger charge is -2.34. The molecule has 1 saturated heterocycles. The number of carbonyl (C=O) groups excluding carboxylic acids is 1. The first-order valence-corrected chi connectivity index (χ1v) is 9.97. The standard InChI is InChI=1S/C18H20N4O4S/c1-13-17(14(2)26-20-13)11-18(23)21-7-9-22(10-8-21)27(24,25)16-5-3-15(12-19)4-6-16/h3-6H,7-11H2,1-2H3. The number of nitriles is 1. The maximum Gasteiger partial charge on any atom is 0.243 e. The summed E-state index contributed by atoms with van der Waals surface area (Å²) in [6.07, 6.45) is 0.198. The van der Waals surface area contributed by atoms with Gasteiger partial charge in [0.25, 0.3) is 0 Å². The number of piperazine rings is 1. The zero-order valence-electron chi connectivity index (χ0n) is 15.2. The van der Waals surface area contributed by atoms with Crippen molar-refractivity contribution in [1.29, 1.82) is 5.26 Å². The Labute approximate surface area is 158 Å². The highest BCUT2D eigenvalue weighted by molar-refractivity contribution is 7.89. The fraction of sp³-hybridized carbons (Fsp3) is 0.389. The molecule has 0 spiro atoms. The SMILES string of the molecule is Cc1noc(C)c1CC(=O)N1CCN(S(=O)(=O)c2ccc(C#N)cc2)CC1. The first-order valence-electron chi connectivity index (χ1n) is 8.53. The van der Waals surface area contributed by atoms with E-state index in [0.717, 1.165) is 5.56 Å². The monoisotopic (exact) mass is 388 g/mol. The van der Waals surface area contributed by atoms with Crippen LogP contribution in [0.3, 0.4) is 0 Å². The molecule has 9 heteroatoms. The van der Waals surface area contributed by atoms with Crippen LogP contribution in [0.1, 0.15) is 22.6 Å². The Balaban J connectivity index is 1.64. The molecular weight excluding hydrogens is 368 g/mol. The molecule has 0 unspecified atom stereocenters. The minimum atomic E-state index is -3.64. The Hall–Kier alpha value is -2.70. The van der Waals surface area contributed by atoms with Gasteiger partial charge < -0.3 is 9.42 Å². The molecule has 1 aromatic carbocycles. The first-order chi connectivity index (χ1) is 12.8. The molecule has 27 heavy (non-hydrogen) atoms. The molecular formula is C18H20N4O4S. The average molecular weight is 388 g/mol. The lowest BCUT2D eigenvalue weighted by molar-refractivity contribution is -0.131. The second-order valence-corrected chi connectivity index (χ2v) is 8.34. The highest BCUT2D eigenvalue weighted by atomic mass is 32.2. The third kappa shape index (κ3) is 3.86. The van der Waals surface area contributed by atoms with Gasteiger partial charge in [0, 0.05) is 31.7 Å². The zero-order valence-corrected chi connectivity index (χ0v) is 16.0. The number of sulfonamides is 1. The van der Waals surface area contributed by atoms with E-state index in [4.69, 9.17) is 9.78 Å². The lowest BCUT2D eigenvalue weighted by Crippen LogP contribution is -2.50. The molecule has 1 aliphatic rings. The van der Waals surface area contributed by atoms with Crippen LogP contribution in [0.4, 0.5) is 0 Å². The highest BCUT2D eigenvalue weighted by Crippen LogP contribution is 2.19. The van der Waals surface area contributed by atoms with E-state index in [2.05, 4.69) is 5.16 Å². The highest BCUT2D eigenvalue weighted by Gasteiger charge is 2.30. The fourth-order valence-corrected chi connectivity index (χ4v) is 4.47. The van der Waals surface area contributed by atoms with Crippen molar-refractivity contribution in [3.8, 4) is 6.07 Å². The van der Waals surface area contributed by atoms with Gasteiger partial charge in [-0.3, -0.25) is 4.79 Å². The number of aromatic nitrogens is 1. The summed E-state index contributed by atoms with van der Waals surface area (Å²) >= 11 is 0. The van der Waals surface area contributed by atoms with Crippen LogP contribution >= 0.6 is 0 Å². The number of benzene rings is 1. The molecule has 1 aromatic heterocycles. The quantitative estimate of drug-likeness (QED) is 0.780. The van der Waals surface area contributed by atoms with Gasteiger partial charge in [0.2, 0.25) is 15.9 Å². The van der Waals surface area contributed by atoms with Crippen LogP contribution in [-0.4, -0.2) is 54.9 Å². The molecule has 2 aromatic rings. The summed E-state index contributed by atoms with van der Waals surface area (Å²) in [6, 6.07) is 7.80. The summed E-state index contributed by atoms with van der Waals surface area (Å²) in [5.74, 6) is 0.558. The van der Waals surface area contributed by atoms with Gasteiger partial charge in [-0.2, -0.15) is 9.57 Å². The van der Waals surface area contributed by atoms with Crippen molar-refractivity contribution in [2.24, 2.45) is 0 Å². The molecule has 1 aliphatic heterocycles. The molecule has 0 aliphatic carbocycles. The van der Waals surface area contributed by atoms with E-state index in [9.17, 15) is 13.2 Å². The molecule has 1 fully saturated rings. The van der Waals surface area contributed by atoms with Crippen LogP contribution in [0, 0.1) is 25.2 Å². The van der Waals surface area contributed by atoms with Crippen LogP contribution in [-0.2, 0) is 21.2 Å². The summed E-state index contributed by atoms with van der Waals surface area (Å²) in [4.78, 5) is 14.3. The molecule has 0 N–H and O–H groups in total. The Bertz CT molecular complexity index is 962. The van der Waals surface area contributed by atoms with E-state index in [-0.39, 0.29) is 30.3 Å². The van der Waals surface area contributed by atoms with Gasteiger partial charge in [-0.15, -0.1) is 0 Å². The number of carbonyl (C=O) groups is 1. The van der Waals surface area contributed by atoms with Gasteiger partial charge in [0.15, 0.2) is 0 Å². The lowest BCUT2D eigenvalue weighted by atomic mass is 10.1. The van der Waals surface area contributed by atoms with Gasteiger partial charge in [-0.25, -0.2) is 8.42 Å². The second-order valence-electron chi connectivity index (χ2n) is 6.40. The predicted octanol–water partition coefficient (Wildman–Crippen LogP) is 1.24. The van der Waals surface area contributed by atoms with Crippen molar-refractivity contribution in [3.63, 3.8) is 0 Å². The predicted molar refractivity (Wildman–Crippen MR) is 96.2 cm³/mol. The van der Waals surface area contributed by atoms with Crippen molar-refractivity contribution >= 4 is 15.9 Å². The number of hydrogen-bond acceptors (Lipinski definition) is 6. The normalized spacial score (nSPS) is 15.5. The Kier molecular flexibility index (Phi) is 5.30. The Morgan fingerprint density at radius 2 is 1.81 bits per heavy atom. The molecule has 142 valence electrons. The summed E-state index contributed by atoms with van der Waals surface area (Å²) < 4.78 is 31.9. The average Bonchev–Trinajstić information content (AvgIpc) is 3.00. The minimum Gasteiger partial charge on any atom is -0.361 e. The van der Waals surface area contributed by atoms with E-state index in [1.165, 1.54) is 28.6 Å². The summed E-state index contributed by atoms with van der Waals surface area (Å²) in [5, 5.41) is 12.7. The number of aryl methyl sites for hydroxylation is 2. The van der Waals surface area contributed by atoms with Crippen molar-refractivity contribution < 1.29 is 17.7 Å². The number of amides is 1. The first kappa shape index (κ1) is 19.1. The molecule has 0 radical (unpaired) electrons. The third-order valence-electron chi connectivity index (χ3n) is 4.72. The molecule has 3 rings (SSSR count). The number of rotatable bonds is 4. The Morgan fingerprint density at radius 3 is 2.33 bits per heavy atom. The largest absolute Gasteiger partial charge is 0.361 e. The van der Waals surface area contributed by atoms with Crippen molar-refractivity contribution in [2.45, 2.75) is 25.2 Å². The zero-order chi connectivity index (χ0) is 19.6. The summed E-state index contributed by atoms with van der Waals surface area (Å²) in [6.45, 7) is 4.69. The van der Waals surface area contributed by atoms with Crippen LogP contribution in [0.5, 0.6) is 0 Å². The number of nitrogens with zero attached hydrogens (tertiary/aromatic N) is 4. The summed E-state index contributed by atoms with van der Waals surface area (Å²) in [5.41, 5.74) is 1.89. The van der Waals surface area contributed by atoms with Gasteiger partial charge >= 0.3 is 0 Å². The van der Waals surface area contributed by atoms with Gasteiger partial charge in [-0.1, -0.05) is 5.16 Å². The maximum absolute atomic E-state index is 12.7. The Morgan fingerprint density at radius 1 is 1.19 bits per heavy atom. The van der Waals surface area contributed by atoms with Crippen LogP contribution in [0.25, 0.3) is 0 Å². The van der Waals surface area contributed by atoms with Gasteiger partial charge in [0.1, 0.15) is 5.76 Å². The molecule has 0 atom stereocenters. The van der Waals surface area contributed by atoms with Crippen molar-refractivity contribution in [1.82, 2.24) is 14.4 Å². The van der Waals surface area contributed by atoms with Crippen molar-refractivity contribution in [3.05, 3.63) is 46.8 Å². The molecule has 8 nitrogen and oxygen atoms in total. The smallest absolute Gasteiger partial charge is 0.243 e. The molecule has 0 bridgehead atoms. The maximum atomic E-state index is 12.7. The van der Waals surface area contributed by atoms with E-state index in [0.29, 0.717) is 30.1 Å². The van der Waals surface area contributed by atoms with Crippen molar-refractivity contribution in [2.75, 3.05) is 26.2 Å². The number of hydrogen-bond donors (Lipinski definition) is 0. The molecule has 2 heterocycles.